The molecule has 0 aliphatic rings. The Kier molecular flexibility index (Phi) is 5.07. The molecule has 0 rings (SSSR count). The van der Waals surface area contributed by atoms with Crippen LogP contribution in [0.2, 0.25) is 0 Å². The van der Waals surface area contributed by atoms with Gasteiger partial charge >= 0.3 is 0 Å². The summed E-state index contributed by atoms with van der Waals surface area (Å²) in [4.78, 5) is 13.8. The van der Waals surface area contributed by atoms with E-state index in [4.69, 9.17) is 11.6 Å². The summed E-state index contributed by atoms with van der Waals surface area (Å²) < 4.78 is 0. The van der Waals surface area contributed by atoms with Gasteiger partial charge in [0, 0.05) is 18.0 Å². The highest BCUT2D eigenvalue weighted by molar-refractivity contribution is 6.19. The van der Waals surface area contributed by atoms with Crippen molar-refractivity contribution in [2.24, 2.45) is 5.41 Å². The Balaban J connectivity index is 4.24. The van der Waals surface area contributed by atoms with E-state index >= 15 is 0 Å². The molecule has 1 amide bonds. The largest absolute Gasteiger partial charge is 0.354 e. The Morgan fingerprint density at radius 3 is 2.07 bits per heavy atom. The number of amides is 1. The van der Waals surface area contributed by atoms with Gasteiger partial charge < -0.3 is 10.2 Å². The maximum absolute atomic E-state index is 11.8. The fourth-order valence-corrected chi connectivity index (χ4v) is 0.876. The first-order chi connectivity index (χ1) is 6.63. The monoisotopic (exact) mass is 234 g/mol. The van der Waals surface area contributed by atoms with Gasteiger partial charge in [-0.3, -0.25) is 4.79 Å². The minimum Gasteiger partial charge on any atom is -0.354 e. The van der Waals surface area contributed by atoms with E-state index in [2.05, 4.69) is 24.1 Å². The summed E-state index contributed by atoms with van der Waals surface area (Å²) >= 11 is 5.73. The third-order valence-corrected chi connectivity index (χ3v) is 3.51. The number of hydrogen-bond donors (Lipinski definition) is 1. The number of carbonyl (C=O) groups excluding carboxylic acids is 1. The molecule has 0 aromatic rings. The van der Waals surface area contributed by atoms with Gasteiger partial charge in [0.05, 0.1) is 5.41 Å². The topological polar surface area (TPSA) is 32.3 Å². The third-order valence-electron chi connectivity index (χ3n) is 2.84. The molecule has 0 bridgehead atoms. The molecule has 0 saturated carbocycles. The third kappa shape index (κ3) is 4.39. The molecule has 4 heteroatoms. The second kappa shape index (κ2) is 5.17. The summed E-state index contributed by atoms with van der Waals surface area (Å²) in [6.07, 6.45) is 0. The van der Waals surface area contributed by atoms with Crippen molar-refractivity contribution in [3.8, 4) is 0 Å². The molecular weight excluding hydrogens is 212 g/mol. The van der Waals surface area contributed by atoms with Crippen molar-refractivity contribution in [1.82, 2.24) is 10.2 Å². The van der Waals surface area contributed by atoms with Gasteiger partial charge in [0.1, 0.15) is 0 Å². The van der Waals surface area contributed by atoms with Crippen molar-refractivity contribution in [2.75, 3.05) is 26.5 Å². The van der Waals surface area contributed by atoms with Crippen LogP contribution in [-0.4, -0.2) is 42.9 Å². The number of carbonyl (C=O) groups is 1. The van der Waals surface area contributed by atoms with Crippen LogP contribution in [0.15, 0.2) is 0 Å². The Morgan fingerprint density at radius 1 is 1.27 bits per heavy atom. The van der Waals surface area contributed by atoms with Gasteiger partial charge in [0.15, 0.2) is 0 Å². The quantitative estimate of drug-likeness (QED) is 0.735. The molecule has 0 aromatic carbocycles. The molecule has 1 N–H and O–H groups in total. The van der Waals surface area contributed by atoms with E-state index in [-0.39, 0.29) is 11.4 Å². The van der Waals surface area contributed by atoms with E-state index in [1.54, 1.807) is 0 Å². The minimum atomic E-state index is -0.496. The van der Waals surface area contributed by atoms with Crippen LogP contribution in [0.3, 0.4) is 0 Å². The van der Waals surface area contributed by atoms with Crippen LogP contribution < -0.4 is 5.32 Å². The van der Waals surface area contributed by atoms with E-state index in [0.717, 1.165) is 0 Å². The molecule has 0 atom stereocenters. The molecule has 0 radical (unpaired) electrons. The van der Waals surface area contributed by atoms with Crippen molar-refractivity contribution in [3.05, 3.63) is 0 Å². The van der Waals surface area contributed by atoms with E-state index in [0.29, 0.717) is 12.4 Å². The number of halogens is 1. The average Bonchev–Trinajstić information content (AvgIpc) is 2.13. The first-order valence-electron chi connectivity index (χ1n) is 5.15. The first kappa shape index (κ1) is 14.7. The Morgan fingerprint density at radius 2 is 1.73 bits per heavy atom. The summed E-state index contributed by atoms with van der Waals surface area (Å²) in [5, 5.41) is 2.93. The zero-order chi connectivity index (χ0) is 12.3. The van der Waals surface area contributed by atoms with Crippen molar-refractivity contribution in [2.45, 2.75) is 33.2 Å². The lowest BCUT2D eigenvalue weighted by Crippen LogP contribution is -2.50. The molecule has 15 heavy (non-hydrogen) atoms. The van der Waals surface area contributed by atoms with E-state index in [9.17, 15) is 4.79 Å². The van der Waals surface area contributed by atoms with E-state index < -0.39 is 5.41 Å². The predicted molar refractivity (Wildman–Crippen MR) is 65.3 cm³/mol. The summed E-state index contributed by atoms with van der Waals surface area (Å²) in [5.41, 5.74) is -0.540. The predicted octanol–water partition coefficient (Wildman–Crippen LogP) is 1.71. The average molecular weight is 235 g/mol. The van der Waals surface area contributed by atoms with Crippen LogP contribution in [0, 0.1) is 5.41 Å². The van der Waals surface area contributed by atoms with Gasteiger partial charge in [-0.15, -0.1) is 11.6 Å². The Bertz CT molecular complexity index is 225. The molecule has 0 fully saturated rings. The van der Waals surface area contributed by atoms with Crippen LogP contribution in [0.1, 0.15) is 27.7 Å². The molecule has 0 aromatic heterocycles. The molecular formula is C11H23ClN2O. The molecule has 0 spiro atoms. The van der Waals surface area contributed by atoms with Gasteiger partial charge in [-0.2, -0.15) is 0 Å². The van der Waals surface area contributed by atoms with Gasteiger partial charge in [-0.1, -0.05) is 0 Å². The molecule has 0 saturated heterocycles. The lowest BCUT2D eigenvalue weighted by atomic mass is 9.94. The van der Waals surface area contributed by atoms with Crippen molar-refractivity contribution < 1.29 is 4.79 Å². The highest BCUT2D eigenvalue weighted by Gasteiger charge is 2.28. The van der Waals surface area contributed by atoms with Gasteiger partial charge in [0.2, 0.25) is 5.91 Å². The molecule has 0 unspecified atom stereocenters. The van der Waals surface area contributed by atoms with Crippen LogP contribution in [0.5, 0.6) is 0 Å². The smallest absolute Gasteiger partial charge is 0.226 e. The Hall–Kier alpha value is -0.280. The van der Waals surface area contributed by atoms with Crippen LogP contribution in [0.4, 0.5) is 0 Å². The van der Waals surface area contributed by atoms with Crippen LogP contribution in [-0.2, 0) is 4.79 Å². The van der Waals surface area contributed by atoms with Crippen molar-refractivity contribution in [1.29, 1.82) is 0 Å². The highest BCUT2D eigenvalue weighted by atomic mass is 35.5. The zero-order valence-electron chi connectivity index (χ0n) is 10.6. The first-order valence-corrected chi connectivity index (χ1v) is 5.68. The summed E-state index contributed by atoms with van der Waals surface area (Å²) in [6.45, 7) is 8.48. The van der Waals surface area contributed by atoms with Gasteiger partial charge in [-0.05, 0) is 41.8 Å². The van der Waals surface area contributed by atoms with Crippen LogP contribution in [0.25, 0.3) is 0 Å². The number of likely N-dealkylation sites (N-methyl/N-ethyl adjacent to an activating group) is 1. The molecule has 0 aliphatic carbocycles. The number of hydrogen-bond acceptors (Lipinski definition) is 2. The van der Waals surface area contributed by atoms with E-state index in [1.165, 1.54) is 0 Å². The molecule has 90 valence electrons. The lowest BCUT2D eigenvalue weighted by molar-refractivity contribution is -0.128. The minimum absolute atomic E-state index is 0.00688. The van der Waals surface area contributed by atoms with Crippen molar-refractivity contribution in [3.63, 3.8) is 0 Å². The van der Waals surface area contributed by atoms with Gasteiger partial charge in [-0.25, -0.2) is 0 Å². The fourth-order valence-electron chi connectivity index (χ4n) is 0.755. The number of nitrogens with zero attached hydrogens (tertiary/aromatic N) is 1. The highest BCUT2D eigenvalue weighted by Crippen LogP contribution is 2.17. The second-order valence-electron chi connectivity index (χ2n) is 5.41. The number of nitrogens with one attached hydrogen (secondary N) is 1. The normalized spacial score (nSPS) is 13.1. The second-order valence-corrected chi connectivity index (χ2v) is 5.67. The summed E-state index contributed by atoms with van der Waals surface area (Å²) in [7, 11) is 4.00. The molecule has 0 heterocycles. The maximum Gasteiger partial charge on any atom is 0.226 e. The summed E-state index contributed by atoms with van der Waals surface area (Å²) in [5.74, 6) is 0.341. The SMILES string of the molecule is CN(C)C(C)(C)CNC(=O)C(C)(C)CCl. The zero-order valence-corrected chi connectivity index (χ0v) is 11.4. The maximum atomic E-state index is 11.8. The van der Waals surface area contributed by atoms with Crippen molar-refractivity contribution >= 4 is 17.5 Å². The van der Waals surface area contributed by atoms with Gasteiger partial charge in [0.25, 0.3) is 0 Å². The molecule has 3 nitrogen and oxygen atoms in total. The number of rotatable bonds is 5. The fraction of sp³-hybridized carbons (Fsp3) is 0.909. The van der Waals surface area contributed by atoms with Crippen LogP contribution >= 0.6 is 11.6 Å². The van der Waals surface area contributed by atoms with E-state index in [1.807, 2.05) is 27.9 Å². The lowest BCUT2D eigenvalue weighted by Gasteiger charge is -2.34. The summed E-state index contributed by atoms with van der Waals surface area (Å²) in [6, 6.07) is 0. The standard InChI is InChI=1S/C11H23ClN2O/c1-10(2,7-12)9(15)13-8-11(3,4)14(5)6/h7-8H2,1-6H3,(H,13,15). The Labute approximate surface area is 98.2 Å². The molecule has 0 aliphatic heterocycles. The number of alkyl halides is 1.